The van der Waals surface area contributed by atoms with Crippen LogP contribution < -0.4 is 32.6 Å². The summed E-state index contributed by atoms with van der Waals surface area (Å²) in [7, 11) is -4.54. The predicted octanol–water partition coefficient (Wildman–Crippen LogP) is -0.499. The molecular formula is C29H19ClO4Se2. The first-order valence-corrected chi connectivity index (χ1v) is 16.5. The molecule has 2 aliphatic rings. The van der Waals surface area contributed by atoms with Gasteiger partial charge >= 0.3 is 222 Å². The standard InChI is InChI=1S/C29H19ClO4Se2/c31-30(32,33)34-36-28-18-7-3-12-24(28)21(25-13-4-8-19-29(25)36)15-9-14-20-22-10-1-5-16-26(22)35-27-17-6-2-11-23(20)27/h1-19H/b15-9+. The van der Waals surface area contributed by atoms with E-state index >= 15 is 0 Å². The Balaban J connectivity index is 1.54. The Morgan fingerprint density at radius 2 is 1.28 bits per heavy atom. The van der Waals surface area contributed by atoms with E-state index in [2.05, 4.69) is 66.8 Å². The molecule has 4 aromatic carbocycles. The molecule has 2 heterocycles. The molecule has 0 radical (unpaired) electrons. The third kappa shape index (κ3) is 4.49. The molecular weight excluding hydrogens is 606 g/mol. The summed E-state index contributed by atoms with van der Waals surface area (Å²) in [6.07, 6.45) is 6.29. The Kier molecular flexibility index (Phi) is 6.40. The van der Waals surface area contributed by atoms with Gasteiger partial charge in [-0.1, -0.05) is 0 Å². The van der Waals surface area contributed by atoms with Crippen LogP contribution >= 0.6 is 0 Å². The molecule has 0 aliphatic carbocycles. The van der Waals surface area contributed by atoms with Crippen LogP contribution in [-0.2, 0) is 3.37 Å². The van der Waals surface area contributed by atoms with Gasteiger partial charge in [-0.05, 0) is 0 Å². The average molecular weight is 625 g/mol. The molecule has 36 heavy (non-hydrogen) atoms. The second-order valence-corrected chi connectivity index (χ2v) is 15.1. The molecule has 0 fully saturated rings. The fourth-order valence-corrected chi connectivity index (χ4v) is 11.9. The molecule has 1 unspecified atom stereocenters. The van der Waals surface area contributed by atoms with Gasteiger partial charge in [-0.2, -0.15) is 0 Å². The van der Waals surface area contributed by atoms with Crippen LogP contribution in [0, 0.1) is 14.3 Å². The van der Waals surface area contributed by atoms with Crippen molar-refractivity contribution in [1.29, 1.82) is 0 Å². The molecule has 0 amide bonds. The number of benzene rings is 4. The molecule has 0 spiro atoms. The van der Waals surface area contributed by atoms with Gasteiger partial charge in [0, 0.05) is 0 Å². The minimum atomic E-state index is -4.54. The van der Waals surface area contributed by atoms with Crippen molar-refractivity contribution in [3.63, 3.8) is 0 Å². The molecule has 1 atom stereocenters. The zero-order chi connectivity index (χ0) is 24.7. The molecule has 178 valence electrons. The van der Waals surface area contributed by atoms with Gasteiger partial charge in [-0.25, -0.2) is 0 Å². The zero-order valence-corrected chi connectivity index (χ0v) is 23.0. The second kappa shape index (κ2) is 9.70. The molecule has 7 heteroatoms. The molecule has 4 nitrogen and oxygen atoms in total. The van der Waals surface area contributed by atoms with E-state index in [1.165, 1.54) is 25.6 Å². The summed E-state index contributed by atoms with van der Waals surface area (Å²) in [5.74, 6) is 0. The van der Waals surface area contributed by atoms with Crippen LogP contribution in [-0.4, -0.2) is 28.8 Å². The van der Waals surface area contributed by atoms with E-state index in [4.69, 9.17) is 3.37 Å². The Hall–Kier alpha value is -2.60. The van der Waals surface area contributed by atoms with E-state index < -0.39 is 24.0 Å². The molecule has 0 aromatic heterocycles. The van der Waals surface area contributed by atoms with Crippen LogP contribution in [0.1, 0.15) is 16.7 Å². The van der Waals surface area contributed by atoms with Gasteiger partial charge in [0.05, 0.1) is 0 Å². The fourth-order valence-electron chi connectivity index (χ4n) is 4.53. The SMILES string of the molecule is [O-][Cl+3]([O-])([O-])O[Se]1=c2ccccc2=C(/C=C/C=C2c3ccccc3[Se]c3ccccc32)c2ccccc21. The monoisotopic (exact) mass is 626 g/mol. The third-order valence-corrected chi connectivity index (χ3v) is 13.6. The molecule has 0 saturated heterocycles. The summed E-state index contributed by atoms with van der Waals surface area (Å²) >= 11 is -2.28. The maximum absolute atomic E-state index is 11.5. The van der Waals surface area contributed by atoms with Gasteiger partial charge < -0.3 is 0 Å². The summed E-state index contributed by atoms with van der Waals surface area (Å²) in [5.41, 5.74) is 5.57. The van der Waals surface area contributed by atoms with Crippen molar-refractivity contribution in [1.82, 2.24) is 0 Å². The fraction of sp³-hybridized carbons (Fsp3) is 0. The maximum atomic E-state index is 11.5. The van der Waals surface area contributed by atoms with Crippen LogP contribution in [0.3, 0.4) is 0 Å². The first-order chi connectivity index (χ1) is 17.5. The van der Waals surface area contributed by atoms with Crippen molar-refractivity contribution in [2.45, 2.75) is 0 Å². The molecule has 4 aromatic rings. The van der Waals surface area contributed by atoms with Gasteiger partial charge in [0.15, 0.2) is 0 Å². The van der Waals surface area contributed by atoms with Gasteiger partial charge in [-0.15, -0.1) is 0 Å². The van der Waals surface area contributed by atoms with Crippen molar-refractivity contribution < 1.29 is 27.6 Å². The van der Waals surface area contributed by atoms with E-state index in [-0.39, 0.29) is 15.0 Å². The Morgan fingerprint density at radius 3 is 1.97 bits per heavy atom. The number of hydrogen-bond acceptors (Lipinski definition) is 4. The molecule has 0 bridgehead atoms. The molecule has 2 aliphatic heterocycles. The van der Waals surface area contributed by atoms with Gasteiger partial charge in [-0.3, -0.25) is 0 Å². The van der Waals surface area contributed by atoms with Crippen LogP contribution in [0.4, 0.5) is 0 Å². The summed E-state index contributed by atoms with van der Waals surface area (Å²) in [4.78, 5) is 0. The first kappa shape index (κ1) is 23.8. The predicted molar refractivity (Wildman–Crippen MR) is 134 cm³/mol. The third-order valence-electron chi connectivity index (χ3n) is 5.99. The normalized spacial score (nSPS) is 16.2. The summed E-state index contributed by atoms with van der Waals surface area (Å²) < 4.78 is 44.0. The van der Waals surface area contributed by atoms with E-state index in [1.54, 1.807) is 0 Å². The zero-order valence-electron chi connectivity index (χ0n) is 18.8. The van der Waals surface area contributed by atoms with Crippen LogP contribution in [0.15, 0.2) is 115 Å². The average Bonchev–Trinajstić information content (AvgIpc) is 2.89. The van der Waals surface area contributed by atoms with Crippen LogP contribution in [0.5, 0.6) is 0 Å². The second-order valence-electron chi connectivity index (χ2n) is 8.15. The minimum absolute atomic E-state index is 0.269. The van der Waals surface area contributed by atoms with Crippen molar-refractivity contribution in [2.24, 2.45) is 0 Å². The number of rotatable bonds is 4. The van der Waals surface area contributed by atoms with E-state index in [9.17, 15) is 14.0 Å². The van der Waals surface area contributed by atoms with Gasteiger partial charge in [0.25, 0.3) is 0 Å². The van der Waals surface area contributed by atoms with E-state index in [0.29, 0.717) is 0 Å². The van der Waals surface area contributed by atoms with Crippen molar-refractivity contribution in [3.8, 4) is 0 Å². The number of hydrogen-bond donors (Lipinski definition) is 0. The van der Waals surface area contributed by atoms with Crippen LogP contribution in [0.25, 0.3) is 11.1 Å². The summed E-state index contributed by atoms with van der Waals surface area (Å²) in [6, 6.07) is 32.3. The van der Waals surface area contributed by atoms with E-state index in [0.717, 1.165) is 24.9 Å². The molecule has 0 saturated carbocycles. The Labute approximate surface area is 221 Å². The Bertz CT molecular complexity index is 1640. The number of halogens is 1. The van der Waals surface area contributed by atoms with E-state index in [1.807, 2.05) is 48.5 Å². The summed E-state index contributed by atoms with van der Waals surface area (Å²) in [5, 5.41) is 0.891. The van der Waals surface area contributed by atoms with Crippen molar-refractivity contribution >= 4 is 53.3 Å². The first-order valence-electron chi connectivity index (χ1n) is 11.2. The number of fused-ring (bicyclic) bond motifs is 4. The number of allylic oxidation sites excluding steroid dienone is 3. The Morgan fingerprint density at radius 1 is 0.694 bits per heavy atom. The quantitative estimate of drug-likeness (QED) is 0.253. The van der Waals surface area contributed by atoms with Gasteiger partial charge in [0.1, 0.15) is 0 Å². The summed E-state index contributed by atoms with van der Waals surface area (Å²) in [6.45, 7) is 0. The van der Waals surface area contributed by atoms with Crippen LogP contribution in [0.2, 0.25) is 0 Å². The molecule has 6 rings (SSSR count). The van der Waals surface area contributed by atoms with Crippen molar-refractivity contribution in [3.05, 3.63) is 141 Å². The molecule has 0 N–H and O–H groups in total. The van der Waals surface area contributed by atoms with Crippen molar-refractivity contribution in [2.75, 3.05) is 0 Å². The van der Waals surface area contributed by atoms with Gasteiger partial charge in [0.2, 0.25) is 0 Å². The topological polar surface area (TPSA) is 78.4 Å².